The first-order valence-electron chi connectivity index (χ1n) is 9.01. The molecule has 3 aromatic rings. The van der Waals surface area contributed by atoms with E-state index < -0.39 is 17.8 Å². The van der Waals surface area contributed by atoms with Gasteiger partial charge in [-0.3, -0.25) is 14.4 Å². The molecule has 156 valence electrons. The van der Waals surface area contributed by atoms with Crippen LogP contribution in [-0.4, -0.2) is 28.7 Å². The van der Waals surface area contributed by atoms with E-state index >= 15 is 0 Å². The van der Waals surface area contributed by atoms with Crippen molar-refractivity contribution in [3.05, 3.63) is 75.3 Å². The molecule has 31 heavy (non-hydrogen) atoms. The minimum absolute atomic E-state index is 0.0981. The van der Waals surface area contributed by atoms with Gasteiger partial charge in [0, 0.05) is 12.3 Å². The number of rotatable bonds is 5. The summed E-state index contributed by atoms with van der Waals surface area (Å²) >= 11 is 7.35. The number of amides is 3. The molecule has 1 N–H and O–H groups in total. The van der Waals surface area contributed by atoms with Gasteiger partial charge in [0.15, 0.2) is 5.13 Å². The highest BCUT2D eigenvalue weighted by Crippen LogP contribution is 2.33. The number of carbonyl (C=O) groups is 4. The Labute approximate surface area is 185 Å². The molecule has 2 heterocycles. The Hall–Kier alpha value is -3.56. The standard InChI is InChI=1S/C21H14ClN3O5S/c1-11(26)23-21-24-13(10-31-21)9-30-20(29)12-6-7-14-15(8-12)19(28)25(18(14)27)17-5-3-2-4-16(17)22/h2-8,10H,9H2,1H3,(H,23,24,26). The number of imide groups is 1. The maximum Gasteiger partial charge on any atom is 0.338 e. The molecule has 1 aromatic heterocycles. The fraction of sp³-hybridized carbons (Fsp3) is 0.0952. The monoisotopic (exact) mass is 455 g/mol. The molecular weight excluding hydrogens is 442 g/mol. The number of aromatic nitrogens is 1. The second-order valence-corrected chi connectivity index (χ2v) is 7.82. The summed E-state index contributed by atoms with van der Waals surface area (Å²) in [6, 6.07) is 10.7. The van der Waals surface area contributed by atoms with E-state index in [2.05, 4.69) is 10.3 Å². The van der Waals surface area contributed by atoms with Crippen molar-refractivity contribution >= 4 is 57.4 Å². The van der Waals surface area contributed by atoms with E-state index in [4.69, 9.17) is 16.3 Å². The lowest BCUT2D eigenvalue weighted by Gasteiger charge is -2.15. The molecule has 2 aromatic carbocycles. The third kappa shape index (κ3) is 4.05. The van der Waals surface area contributed by atoms with Crippen LogP contribution in [0.15, 0.2) is 47.8 Å². The van der Waals surface area contributed by atoms with Gasteiger partial charge < -0.3 is 10.1 Å². The second kappa shape index (κ2) is 8.29. The topological polar surface area (TPSA) is 106 Å². The number of benzene rings is 2. The molecule has 0 saturated carbocycles. The van der Waals surface area contributed by atoms with Crippen molar-refractivity contribution in [2.24, 2.45) is 0 Å². The van der Waals surface area contributed by atoms with Crippen LogP contribution in [0, 0.1) is 0 Å². The van der Waals surface area contributed by atoms with Gasteiger partial charge in [-0.1, -0.05) is 23.7 Å². The summed E-state index contributed by atoms with van der Waals surface area (Å²) in [5.74, 6) is -2.00. The van der Waals surface area contributed by atoms with Crippen molar-refractivity contribution in [1.29, 1.82) is 0 Å². The summed E-state index contributed by atoms with van der Waals surface area (Å²) < 4.78 is 5.25. The molecule has 1 aliphatic heterocycles. The van der Waals surface area contributed by atoms with Gasteiger partial charge in [-0.25, -0.2) is 14.7 Å². The first kappa shape index (κ1) is 20.7. The first-order valence-corrected chi connectivity index (χ1v) is 10.3. The number of fused-ring (bicyclic) bond motifs is 1. The lowest BCUT2D eigenvalue weighted by Crippen LogP contribution is -2.29. The van der Waals surface area contributed by atoms with E-state index in [0.717, 1.165) is 4.90 Å². The van der Waals surface area contributed by atoms with Gasteiger partial charge >= 0.3 is 5.97 Å². The summed E-state index contributed by atoms with van der Waals surface area (Å²) in [5, 5.41) is 4.87. The Balaban J connectivity index is 1.50. The Kier molecular flexibility index (Phi) is 5.53. The number of esters is 1. The molecule has 3 amide bonds. The van der Waals surface area contributed by atoms with Crippen LogP contribution in [0.25, 0.3) is 0 Å². The quantitative estimate of drug-likeness (QED) is 0.462. The highest BCUT2D eigenvalue weighted by atomic mass is 35.5. The summed E-state index contributed by atoms with van der Waals surface area (Å²) in [4.78, 5) is 54.2. The number of ether oxygens (including phenoxy) is 1. The molecule has 4 rings (SSSR count). The zero-order valence-corrected chi connectivity index (χ0v) is 17.6. The van der Waals surface area contributed by atoms with Gasteiger partial charge in [0.25, 0.3) is 11.8 Å². The molecule has 0 saturated heterocycles. The summed E-state index contributed by atoms with van der Waals surface area (Å²) in [6.45, 7) is 1.26. The molecule has 8 nitrogen and oxygen atoms in total. The Morgan fingerprint density at radius 3 is 2.61 bits per heavy atom. The number of nitrogens with one attached hydrogen (secondary N) is 1. The zero-order valence-electron chi connectivity index (χ0n) is 16.0. The number of para-hydroxylation sites is 1. The molecule has 0 atom stereocenters. The highest BCUT2D eigenvalue weighted by Gasteiger charge is 2.38. The molecule has 1 aliphatic rings. The van der Waals surface area contributed by atoms with Crippen molar-refractivity contribution in [2.75, 3.05) is 10.2 Å². The average molecular weight is 456 g/mol. The normalized spacial score (nSPS) is 12.6. The van der Waals surface area contributed by atoms with Crippen LogP contribution in [0.3, 0.4) is 0 Å². The van der Waals surface area contributed by atoms with E-state index in [1.165, 1.54) is 36.5 Å². The fourth-order valence-corrected chi connectivity index (χ4v) is 3.99. The van der Waals surface area contributed by atoms with Gasteiger partial charge in [0.1, 0.15) is 6.61 Å². The van der Waals surface area contributed by atoms with Gasteiger partial charge in [0.2, 0.25) is 5.91 Å². The third-order valence-corrected chi connectivity index (χ3v) is 5.53. The fourth-order valence-electron chi connectivity index (χ4n) is 3.02. The molecule has 10 heteroatoms. The minimum atomic E-state index is -0.673. The first-order chi connectivity index (χ1) is 14.8. The van der Waals surface area contributed by atoms with Crippen LogP contribution < -0.4 is 10.2 Å². The van der Waals surface area contributed by atoms with E-state index in [1.54, 1.807) is 29.6 Å². The maximum absolute atomic E-state index is 12.9. The van der Waals surface area contributed by atoms with Crippen molar-refractivity contribution in [1.82, 2.24) is 4.98 Å². The molecule has 0 aliphatic carbocycles. The number of carbonyl (C=O) groups excluding carboxylic acids is 4. The van der Waals surface area contributed by atoms with E-state index in [9.17, 15) is 19.2 Å². The van der Waals surface area contributed by atoms with Crippen LogP contribution in [0.2, 0.25) is 5.02 Å². The lowest BCUT2D eigenvalue weighted by atomic mass is 10.1. The average Bonchev–Trinajstić information content (AvgIpc) is 3.28. The smallest absolute Gasteiger partial charge is 0.338 e. The predicted molar refractivity (Wildman–Crippen MR) is 115 cm³/mol. The Morgan fingerprint density at radius 2 is 1.87 bits per heavy atom. The van der Waals surface area contributed by atoms with Crippen LogP contribution >= 0.6 is 22.9 Å². The molecule has 0 unspecified atom stereocenters. The van der Waals surface area contributed by atoms with Crippen LogP contribution in [0.1, 0.15) is 43.7 Å². The second-order valence-electron chi connectivity index (χ2n) is 6.56. The van der Waals surface area contributed by atoms with Gasteiger partial charge in [-0.05, 0) is 30.3 Å². The summed E-state index contributed by atoms with van der Waals surface area (Å²) in [6.07, 6.45) is 0. The Morgan fingerprint density at radius 1 is 1.13 bits per heavy atom. The van der Waals surface area contributed by atoms with Crippen LogP contribution in [-0.2, 0) is 16.1 Å². The van der Waals surface area contributed by atoms with E-state index in [1.807, 2.05) is 0 Å². The van der Waals surface area contributed by atoms with Crippen LogP contribution in [0.5, 0.6) is 0 Å². The largest absolute Gasteiger partial charge is 0.456 e. The zero-order chi connectivity index (χ0) is 22.1. The van der Waals surface area contributed by atoms with Crippen molar-refractivity contribution in [3.8, 4) is 0 Å². The number of anilines is 2. The number of hydrogen-bond acceptors (Lipinski definition) is 7. The molecule has 0 spiro atoms. The SMILES string of the molecule is CC(=O)Nc1nc(COC(=O)c2ccc3c(c2)C(=O)N(c2ccccc2Cl)C3=O)cs1. The van der Waals surface area contributed by atoms with Crippen molar-refractivity contribution in [2.45, 2.75) is 13.5 Å². The van der Waals surface area contributed by atoms with Gasteiger partial charge in [-0.15, -0.1) is 11.3 Å². The van der Waals surface area contributed by atoms with Gasteiger partial charge in [0.05, 0.1) is 33.1 Å². The van der Waals surface area contributed by atoms with Gasteiger partial charge in [-0.2, -0.15) is 0 Å². The Bertz CT molecular complexity index is 1240. The van der Waals surface area contributed by atoms with Crippen LogP contribution in [0.4, 0.5) is 10.8 Å². The predicted octanol–water partition coefficient (Wildman–Crippen LogP) is 3.91. The number of hydrogen-bond donors (Lipinski definition) is 1. The summed E-state index contributed by atoms with van der Waals surface area (Å²) in [5.41, 5.74) is 1.15. The maximum atomic E-state index is 12.9. The third-order valence-electron chi connectivity index (χ3n) is 4.40. The van der Waals surface area contributed by atoms with Crippen molar-refractivity contribution in [3.63, 3.8) is 0 Å². The minimum Gasteiger partial charge on any atom is -0.456 e. The van der Waals surface area contributed by atoms with E-state index in [0.29, 0.717) is 10.8 Å². The van der Waals surface area contributed by atoms with Crippen molar-refractivity contribution < 1.29 is 23.9 Å². The summed E-state index contributed by atoms with van der Waals surface area (Å²) in [7, 11) is 0. The lowest BCUT2D eigenvalue weighted by molar-refractivity contribution is -0.114. The number of thiazole rings is 1. The highest BCUT2D eigenvalue weighted by molar-refractivity contribution is 7.13. The number of nitrogens with zero attached hydrogens (tertiary/aromatic N) is 2. The molecule has 0 radical (unpaired) electrons. The molecule has 0 bridgehead atoms. The molecular formula is C21H14ClN3O5S. The molecule has 0 fully saturated rings. The van der Waals surface area contributed by atoms with E-state index in [-0.39, 0.29) is 39.9 Å². The number of halogens is 1.